The number of aromatic nitrogens is 3. The summed E-state index contributed by atoms with van der Waals surface area (Å²) in [7, 11) is 0. The lowest BCUT2D eigenvalue weighted by atomic mass is 9.74. The second-order valence-corrected chi connectivity index (χ2v) is 15.7. The van der Waals surface area contributed by atoms with Crippen molar-refractivity contribution in [2.45, 2.75) is 95.6 Å². The van der Waals surface area contributed by atoms with Crippen LogP contribution in [0.25, 0.3) is 32.9 Å². The lowest BCUT2D eigenvalue weighted by molar-refractivity contribution is -0.0967. The lowest BCUT2D eigenvalue weighted by Gasteiger charge is -2.51. The lowest BCUT2D eigenvalue weighted by Crippen LogP contribution is -2.57. The van der Waals surface area contributed by atoms with Gasteiger partial charge >= 0.3 is 6.01 Å². The number of pyridine rings is 1. The Balaban J connectivity index is 1.20. The van der Waals surface area contributed by atoms with Crippen LogP contribution in [0, 0.1) is 22.9 Å². The molecule has 3 saturated heterocycles. The minimum atomic E-state index is -1.22. The Kier molecular flexibility index (Phi) is 9.20. The van der Waals surface area contributed by atoms with E-state index in [1.807, 2.05) is 4.90 Å². The maximum atomic E-state index is 16.9. The number of aromatic hydroxyl groups is 1. The van der Waals surface area contributed by atoms with Crippen LogP contribution >= 0.6 is 0 Å². The molecule has 1 saturated carbocycles. The van der Waals surface area contributed by atoms with Gasteiger partial charge in [-0.15, -0.1) is 0 Å². The third-order valence-corrected chi connectivity index (χ3v) is 11.6. The van der Waals surface area contributed by atoms with Crippen molar-refractivity contribution in [3.63, 3.8) is 0 Å². The Bertz CT molecular complexity index is 1990. The Morgan fingerprint density at radius 3 is 2.62 bits per heavy atom. The molecule has 4 aromatic rings. The van der Waals surface area contributed by atoms with E-state index < -0.39 is 23.1 Å². The van der Waals surface area contributed by atoms with Gasteiger partial charge < -0.3 is 29.3 Å². The molecule has 0 amide bonds. The number of rotatable bonds is 6. The summed E-state index contributed by atoms with van der Waals surface area (Å²) in [6.07, 6.45) is 9.03. The van der Waals surface area contributed by atoms with Crippen molar-refractivity contribution < 1.29 is 37.6 Å². The Labute approximate surface area is 300 Å². The first-order valence-corrected chi connectivity index (χ1v) is 18.5. The molecule has 8 rings (SSSR count). The number of phenolic OH excluding ortho intramolecular Hbond substituents is 1. The van der Waals surface area contributed by atoms with E-state index in [-0.39, 0.29) is 75.5 Å². The molecule has 278 valence electrons. The number of benzene rings is 2. The summed E-state index contributed by atoms with van der Waals surface area (Å²) in [5.41, 5.74) is -1.89. The molecule has 4 fully saturated rings. The molecule has 52 heavy (non-hydrogen) atoms. The molecule has 0 bridgehead atoms. The number of aliphatic hydroxyl groups is 1. The van der Waals surface area contributed by atoms with Gasteiger partial charge in [-0.3, -0.25) is 9.88 Å². The molecule has 2 aromatic carbocycles. The van der Waals surface area contributed by atoms with Crippen LogP contribution in [0.1, 0.15) is 65.7 Å². The van der Waals surface area contributed by atoms with Crippen LogP contribution in [-0.4, -0.2) is 99.4 Å². The average Bonchev–Trinajstić information content (AvgIpc) is 3.45. The van der Waals surface area contributed by atoms with Gasteiger partial charge in [0, 0.05) is 41.2 Å². The third kappa shape index (κ3) is 6.43. The molecule has 0 radical (unpaired) electrons. The van der Waals surface area contributed by atoms with Crippen molar-refractivity contribution >= 4 is 27.5 Å². The standard InChI is InChI=1S/C39H46F3N5O5/c1-22-14-25(15-23(2)52-22)47-11-5-10-39(9-4-6-30(39)47)21-51-37-44-35-28(36(45-37)46-12-13-50-20-38(3,49)19-46)18-43-34(33(35)42)27-17-26(48)16-24-7-8-29(40)32(41)31(24)27/h7-8,16-18,22-23,25,30,48-49H,4-6,9-15,19-21H2,1-3H3/t22-,23+,25?,30-,38+,39-/m1/s1. The highest BCUT2D eigenvalue weighted by molar-refractivity contribution is 6.00. The van der Waals surface area contributed by atoms with Crippen LogP contribution in [0.15, 0.2) is 30.5 Å². The van der Waals surface area contributed by atoms with Gasteiger partial charge in [0.1, 0.15) is 28.4 Å². The average molecular weight is 722 g/mol. The van der Waals surface area contributed by atoms with E-state index in [4.69, 9.17) is 19.2 Å². The molecule has 3 aliphatic heterocycles. The predicted molar refractivity (Wildman–Crippen MR) is 190 cm³/mol. The summed E-state index contributed by atoms with van der Waals surface area (Å²) < 4.78 is 64.9. The fraction of sp³-hybridized carbons (Fsp3) is 0.564. The van der Waals surface area contributed by atoms with Gasteiger partial charge in [-0.1, -0.05) is 12.5 Å². The normalized spacial score (nSPS) is 30.1. The second kappa shape index (κ2) is 13.6. The number of piperidine rings is 1. The zero-order valence-corrected chi connectivity index (χ0v) is 29.9. The van der Waals surface area contributed by atoms with Gasteiger partial charge in [0.15, 0.2) is 17.5 Å². The van der Waals surface area contributed by atoms with Crippen LogP contribution in [0.2, 0.25) is 0 Å². The maximum absolute atomic E-state index is 16.9. The zero-order chi connectivity index (χ0) is 36.4. The Hall–Kier alpha value is -3.78. The van der Waals surface area contributed by atoms with Crippen molar-refractivity contribution in [2.24, 2.45) is 5.41 Å². The Morgan fingerprint density at radius 1 is 1.02 bits per heavy atom. The monoisotopic (exact) mass is 721 g/mol. The number of phenols is 1. The highest BCUT2D eigenvalue weighted by Gasteiger charge is 2.50. The van der Waals surface area contributed by atoms with Gasteiger partial charge in [-0.05, 0) is 89.4 Å². The van der Waals surface area contributed by atoms with E-state index in [1.165, 1.54) is 24.4 Å². The van der Waals surface area contributed by atoms with Crippen LogP contribution in [-0.2, 0) is 9.47 Å². The van der Waals surface area contributed by atoms with Crippen molar-refractivity contribution in [1.29, 1.82) is 0 Å². The first kappa shape index (κ1) is 35.3. The Morgan fingerprint density at radius 2 is 1.81 bits per heavy atom. The number of anilines is 1. The fourth-order valence-electron chi connectivity index (χ4n) is 9.49. The molecule has 4 aliphatic rings. The number of nitrogens with zero attached hydrogens (tertiary/aromatic N) is 5. The smallest absolute Gasteiger partial charge is 0.319 e. The zero-order valence-electron chi connectivity index (χ0n) is 29.9. The molecule has 6 atom stereocenters. The number of likely N-dealkylation sites (tertiary alicyclic amines) is 1. The van der Waals surface area contributed by atoms with Gasteiger partial charge in [0.05, 0.1) is 44.0 Å². The van der Waals surface area contributed by atoms with Crippen molar-refractivity contribution in [2.75, 3.05) is 44.4 Å². The van der Waals surface area contributed by atoms with Crippen LogP contribution in [0.5, 0.6) is 11.8 Å². The number of ether oxygens (including phenoxy) is 3. The second-order valence-electron chi connectivity index (χ2n) is 15.7. The molecule has 5 heterocycles. The summed E-state index contributed by atoms with van der Waals surface area (Å²) in [5, 5.41) is 21.8. The topological polar surface area (TPSA) is 113 Å². The largest absolute Gasteiger partial charge is 0.508 e. The van der Waals surface area contributed by atoms with E-state index in [0.717, 1.165) is 57.6 Å². The van der Waals surface area contributed by atoms with Gasteiger partial charge in [0.25, 0.3) is 0 Å². The van der Waals surface area contributed by atoms with Crippen LogP contribution < -0.4 is 9.64 Å². The summed E-state index contributed by atoms with van der Waals surface area (Å²) in [6.45, 7) is 8.29. The number of halogens is 3. The molecule has 0 spiro atoms. The van der Waals surface area contributed by atoms with E-state index >= 15 is 8.78 Å². The molecule has 10 nitrogen and oxygen atoms in total. The first-order valence-electron chi connectivity index (χ1n) is 18.5. The van der Waals surface area contributed by atoms with Gasteiger partial charge in [-0.2, -0.15) is 9.97 Å². The third-order valence-electron chi connectivity index (χ3n) is 11.6. The van der Waals surface area contributed by atoms with Crippen LogP contribution in [0.4, 0.5) is 19.0 Å². The van der Waals surface area contributed by atoms with E-state index in [2.05, 4.69) is 28.7 Å². The quantitative estimate of drug-likeness (QED) is 0.228. The van der Waals surface area contributed by atoms with Gasteiger partial charge in [0.2, 0.25) is 0 Å². The van der Waals surface area contributed by atoms with E-state index in [9.17, 15) is 14.6 Å². The number of hydrogen-bond acceptors (Lipinski definition) is 10. The summed E-state index contributed by atoms with van der Waals surface area (Å²) >= 11 is 0. The molecule has 2 N–H and O–H groups in total. The molecule has 1 aliphatic carbocycles. The van der Waals surface area contributed by atoms with E-state index in [1.54, 1.807) is 6.92 Å². The van der Waals surface area contributed by atoms with Crippen LogP contribution in [0.3, 0.4) is 0 Å². The number of fused-ring (bicyclic) bond motifs is 3. The van der Waals surface area contributed by atoms with Crippen molar-refractivity contribution in [1.82, 2.24) is 19.9 Å². The minimum Gasteiger partial charge on any atom is -0.508 e. The van der Waals surface area contributed by atoms with Gasteiger partial charge in [-0.25, -0.2) is 13.2 Å². The molecule has 13 heteroatoms. The van der Waals surface area contributed by atoms with Crippen molar-refractivity contribution in [3.05, 3.63) is 47.9 Å². The molecular formula is C39H46F3N5O5. The predicted octanol–water partition coefficient (Wildman–Crippen LogP) is 6.53. The molecule has 2 aromatic heterocycles. The van der Waals surface area contributed by atoms with Crippen molar-refractivity contribution in [3.8, 4) is 23.0 Å². The highest BCUT2D eigenvalue weighted by Crippen LogP contribution is 2.50. The van der Waals surface area contributed by atoms with E-state index in [0.29, 0.717) is 37.7 Å². The molecule has 1 unspecified atom stereocenters. The molecular weight excluding hydrogens is 675 g/mol. The summed E-state index contributed by atoms with van der Waals surface area (Å²) in [6, 6.07) is 5.48. The highest BCUT2D eigenvalue weighted by atomic mass is 19.2. The maximum Gasteiger partial charge on any atom is 0.319 e. The SMILES string of the molecule is C[C@@H]1CC(N2CCC[C@@]3(COc4nc(N5CCOC[C@@](C)(O)C5)c5cnc(-c6cc(O)cc7ccc(F)c(F)c67)c(F)c5n4)CCC[C@@H]23)C[C@H](C)O1. The minimum absolute atomic E-state index is 0.0215. The summed E-state index contributed by atoms with van der Waals surface area (Å²) in [5.74, 6) is -3.13. The first-order chi connectivity index (χ1) is 24.9. The number of β-amino-alcohol motifs (C(OH)–C–C–N with tert-alkyl or cyclic N) is 1. The summed E-state index contributed by atoms with van der Waals surface area (Å²) in [4.78, 5) is 18.3. The fourth-order valence-corrected chi connectivity index (χ4v) is 9.49. The number of hydrogen-bond donors (Lipinski definition) is 2.